The zero-order valence-electron chi connectivity index (χ0n) is 11.1. The van der Waals surface area contributed by atoms with Crippen LogP contribution < -0.4 is 10.5 Å². The first-order valence-corrected chi connectivity index (χ1v) is 8.15. The van der Waals surface area contributed by atoms with E-state index in [1.165, 1.54) is 0 Å². The number of anilines is 1. The Morgan fingerprint density at radius 1 is 1.35 bits per heavy atom. The van der Waals surface area contributed by atoms with Gasteiger partial charge in [0.05, 0.1) is 18.4 Å². The average Bonchev–Trinajstić information content (AvgIpc) is 2.89. The van der Waals surface area contributed by atoms with Crippen molar-refractivity contribution in [3.05, 3.63) is 29.8 Å². The SMILES string of the molecule is NCC#Cc1ccc(NS(=O)(=O)CC2CCCO2)cc1. The molecule has 0 amide bonds. The Labute approximate surface area is 119 Å². The van der Waals surface area contributed by atoms with Crippen LogP contribution in [0.4, 0.5) is 5.69 Å². The van der Waals surface area contributed by atoms with Crippen molar-refractivity contribution in [2.24, 2.45) is 5.73 Å². The number of ether oxygens (including phenoxy) is 1. The maximum absolute atomic E-state index is 12.0. The molecule has 6 heteroatoms. The number of hydrogen-bond acceptors (Lipinski definition) is 4. The summed E-state index contributed by atoms with van der Waals surface area (Å²) < 4.78 is 31.8. The fraction of sp³-hybridized carbons (Fsp3) is 0.429. The van der Waals surface area contributed by atoms with Crippen LogP contribution in [0, 0.1) is 11.8 Å². The normalized spacial score (nSPS) is 18.4. The minimum Gasteiger partial charge on any atom is -0.377 e. The number of benzene rings is 1. The van der Waals surface area contributed by atoms with Crippen LogP contribution in [0.25, 0.3) is 0 Å². The van der Waals surface area contributed by atoms with Gasteiger partial charge in [0.15, 0.2) is 0 Å². The third kappa shape index (κ3) is 4.53. The van der Waals surface area contributed by atoms with Crippen LogP contribution in [0.3, 0.4) is 0 Å². The van der Waals surface area contributed by atoms with Crippen molar-refractivity contribution in [1.29, 1.82) is 0 Å². The third-order valence-corrected chi connectivity index (χ3v) is 4.28. The van der Waals surface area contributed by atoms with E-state index in [1.807, 2.05) is 0 Å². The zero-order valence-corrected chi connectivity index (χ0v) is 11.9. The van der Waals surface area contributed by atoms with Gasteiger partial charge in [-0.25, -0.2) is 8.42 Å². The molecule has 1 atom stereocenters. The monoisotopic (exact) mass is 294 g/mol. The first-order valence-electron chi connectivity index (χ1n) is 6.50. The van der Waals surface area contributed by atoms with Crippen molar-refractivity contribution in [3.8, 4) is 11.8 Å². The van der Waals surface area contributed by atoms with Crippen LogP contribution >= 0.6 is 0 Å². The summed E-state index contributed by atoms with van der Waals surface area (Å²) in [5.41, 5.74) is 6.62. The lowest BCUT2D eigenvalue weighted by Crippen LogP contribution is -2.25. The van der Waals surface area contributed by atoms with Gasteiger partial charge in [-0.3, -0.25) is 4.72 Å². The van der Waals surface area contributed by atoms with Crippen LogP contribution in [-0.2, 0) is 14.8 Å². The second kappa shape index (κ2) is 6.75. The molecule has 0 aliphatic carbocycles. The first-order chi connectivity index (χ1) is 9.59. The van der Waals surface area contributed by atoms with Gasteiger partial charge in [-0.2, -0.15) is 0 Å². The lowest BCUT2D eigenvalue weighted by molar-refractivity contribution is 0.127. The number of nitrogens with two attached hydrogens (primary N) is 1. The molecule has 0 bridgehead atoms. The van der Waals surface area contributed by atoms with Gasteiger partial charge in [0.1, 0.15) is 0 Å². The van der Waals surface area contributed by atoms with Crippen LogP contribution in [0.5, 0.6) is 0 Å². The highest BCUT2D eigenvalue weighted by Crippen LogP contribution is 2.16. The van der Waals surface area contributed by atoms with Gasteiger partial charge in [-0.1, -0.05) is 11.8 Å². The summed E-state index contributed by atoms with van der Waals surface area (Å²) >= 11 is 0. The minimum absolute atomic E-state index is 0.00172. The molecule has 3 N–H and O–H groups in total. The predicted octanol–water partition coefficient (Wildman–Crippen LogP) is 0.917. The molecule has 1 saturated heterocycles. The van der Waals surface area contributed by atoms with Gasteiger partial charge in [0, 0.05) is 17.9 Å². The fourth-order valence-electron chi connectivity index (χ4n) is 2.02. The quantitative estimate of drug-likeness (QED) is 0.809. The molecule has 2 rings (SSSR count). The van der Waals surface area contributed by atoms with Crippen molar-refractivity contribution < 1.29 is 13.2 Å². The molecule has 1 aliphatic heterocycles. The Balaban J connectivity index is 1.97. The summed E-state index contributed by atoms with van der Waals surface area (Å²) in [5, 5.41) is 0. The predicted molar refractivity (Wildman–Crippen MR) is 78.8 cm³/mol. The van der Waals surface area contributed by atoms with E-state index in [9.17, 15) is 8.42 Å². The van der Waals surface area contributed by atoms with Gasteiger partial charge in [-0.15, -0.1) is 0 Å². The van der Waals surface area contributed by atoms with Crippen molar-refractivity contribution >= 4 is 15.7 Å². The molecule has 5 nitrogen and oxygen atoms in total. The van der Waals surface area contributed by atoms with Crippen molar-refractivity contribution in [1.82, 2.24) is 0 Å². The summed E-state index contributed by atoms with van der Waals surface area (Å²) in [6.45, 7) is 0.949. The second-order valence-corrected chi connectivity index (χ2v) is 6.37. The largest absolute Gasteiger partial charge is 0.377 e. The maximum Gasteiger partial charge on any atom is 0.235 e. The molecule has 20 heavy (non-hydrogen) atoms. The van der Waals surface area contributed by atoms with Crippen LogP contribution in [0.15, 0.2) is 24.3 Å². The summed E-state index contributed by atoms with van der Waals surface area (Å²) in [7, 11) is -3.38. The van der Waals surface area contributed by atoms with Gasteiger partial charge in [0.2, 0.25) is 10.0 Å². The molecule has 0 saturated carbocycles. The molecule has 0 radical (unpaired) electrons. The summed E-state index contributed by atoms with van der Waals surface area (Å²) in [4.78, 5) is 0. The smallest absolute Gasteiger partial charge is 0.235 e. The highest BCUT2D eigenvalue weighted by atomic mass is 32.2. The molecule has 1 aromatic rings. The highest BCUT2D eigenvalue weighted by Gasteiger charge is 2.23. The minimum atomic E-state index is -3.38. The number of sulfonamides is 1. The van der Waals surface area contributed by atoms with Gasteiger partial charge in [-0.05, 0) is 37.1 Å². The standard InChI is InChI=1S/C14H18N2O3S/c15-9-1-3-12-5-7-13(8-6-12)16-20(17,18)11-14-4-2-10-19-14/h5-8,14,16H,2,4,9-11,15H2. The van der Waals surface area contributed by atoms with E-state index in [2.05, 4.69) is 16.6 Å². The maximum atomic E-state index is 12.0. The van der Waals surface area contributed by atoms with Gasteiger partial charge >= 0.3 is 0 Å². The molecule has 1 fully saturated rings. The van der Waals surface area contributed by atoms with E-state index in [4.69, 9.17) is 10.5 Å². The average molecular weight is 294 g/mol. The van der Waals surface area contributed by atoms with Crippen molar-refractivity contribution in [3.63, 3.8) is 0 Å². The molecule has 1 aliphatic rings. The van der Waals surface area contributed by atoms with E-state index in [0.29, 0.717) is 18.8 Å². The summed E-state index contributed by atoms with van der Waals surface area (Å²) in [5.74, 6) is 5.63. The Morgan fingerprint density at radius 2 is 2.10 bits per heavy atom. The van der Waals surface area contributed by atoms with E-state index >= 15 is 0 Å². The second-order valence-electron chi connectivity index (χ2n) is 4.60. The fourth-order valence-corrected chi connectivity index (χ4v) is 3.35. The van der Waals surface area contributed by atoms with E-state index in [-0.39, 0.29) is 11.9 Å². The van der Waals surface area contributed by atoms with Crippen molar-refractivity contribution in [2.45, 2.75) is 18.9 Å². The molecule has 1 unspecified atom stereocenters. The molecule has 0 spiro atoms. The zero-order chi connectivity index (χ0) is 14.4. The first kappa shape index (κ1) is 14.9. The third-order valence-electron chi connectivity index (χ3n) is 2.92. The van der Waals surface area contributed by atoms with E-state index in [1.54, 1.807) is 24.3 Å². The number of rotatable bonds is 4. The topological polar surface area (TPSA) is 81.4 Å². The van der Waals surface area contributed by atoms with E-state index < -0.39 is 10.0 Å². The molecule has 1 aromatic carbocycles. The molecule has 108 valence electrons. The van der Waals surface area contributed by atoms with Crippen molar-refractivity contribution in [2.75, 3.05) is 23.6 Å². The lowest BCUT2D eigenvalue weighted by atomic mass is 10.2. The lowest BCUT2D eigenvalue weighted by Gasteiger charge is -2.12. The molecular weight excluding hydrogens is 276 g/mol. The van der Waals surface area contributed by atoms with Crippen LogP contribution in [-0.4, -0.2) is 33.4 Å². The Bertz CT molecular complexity index is 594. The van der Waals surface area contributed by atoms with Gasteiger partial charge in [0.25, 0.3) is 0 Å². The Hall–Kier alpha value is -1.55. The van der Waals surface area contributed by atoms with Crippen LogP contribution in [0.2, 0.25) is 0 Å². The number of nitrogens with one attached hydrogen (secondary N) is 1. The van der Waals surface area contributed by atoms with Crippen LogP contribution in [0.1, 0.15) is 18.4 Å². The summed E-state index contributed by atoms with van der Waals surface area (Å²) in [6, 6.07) is 6.89. The highest BCUT2D eigenvalue weighted by molar-refractivity contribution is 7.92. The van der Waals surface area contributed by atoms with E-state index in [0.717, 1.165) is 18.4 Å². The van der Waals surface area contributed by atoms with Gasteiger partial charge < -0.3 is 10.5 Å². The Morgan fingerprint density at radius 3 is 2.70 bits per heavy atom. The Kier molecular flexibility index (Phi) is 5.01. The summed E-state index contributed by atoms with van der Waals surface area (Å²) in [6.07, 6.45) is 1.53. The molecular formula is C14H18N2O3S. The number of hydrogen-bond donors (Lipinski definition) is 2. The molecule has 0 aromatic heterocycles. The molecule has 1 heterocycles.